The van der Waals surface area contributed by atoms with E-state index in [9.17, 15) is 116 Å². The molecule has 16 atom stereocenters. The minimum atomic E-state index is -1.87. The third-order valence-corrected chi connectivity index (χ3v) is 21.6. The van der Waals surface area contributed by atoms with E-state index in [1.165, 1.54) is 48.5 Å². The first-order valence-corrected chi connectivity index (χ1v) is 45.6. The molecule has 0 spiro atoms. The van der Waals surface area contributed by atoms with Gasteiger partial charge in [-0.05, 0) is 138 Å². The monoisotopic (exact) mass is 1960 g/mol. The van der Waals surface area contributed by atoms with Crippen LogP contribution in [0.2, 0.25) is 0 Å². The van der Waals surface area contributed by atoms with Crippen LogP contribution >= 0.6 is 0 Å². The number of amides is 19. The largest absolute Gasteiger partial charge is 0.481 e. The minimum absolute atomic E-state index is 0.00158. The van der Waals surface area contributed by atoms with Crippen LogP contribution in [0.15, 0.2) is 60.8 Å². The van der Waals surface area contributed by atoms with Gasteiger partial charge in [0.15, 0.2) is 5.96 Å². The molecule has 0 aliphatic heterocycles. The van der Waals surface area contributed by atoms with E-state index in [4.69, 9.17) is 50.7 Å². The number of hydrogen-bond acceptors (Lipinski definition) is 27. The molecule has 3 aromatic rings. The van der Waals surface area contributed by atoms with Crippen molar-refractivity contribution < 1.29 is 121 Å². The Labute approximate surface area is 802 Å². The summed E-state index contributed by atoms with van der Waals surface area (Å²) in [6.07, 6.45) is -3.85. The van der Waals surface area contributed by atoms with E-state index in [0.717, 1.165) is 10.9 Å². The number of carboxylic acid groups (broad SMARTS) is 2. The van der Waals surface area contributed by atoms with Crippen LogP contribution in [0.5, 0.6) is 0 Å². The number of primary amides is 3. The second-order valence-corrected chi connectivity index (χ2v) is 34.9. The van der Waals surface area contributed by atoms with E-state index in [1.807, 2.05) is 23.5 Å². The van der Waals surface area contributed by atoms with Crippen molar-refractivity contribution in [3.8, 4) is 0 Å². The molecule has 3 rings (SSSR count). The summed E-state index contributed by atoms with van der Waals surface area (Å²) >= 11 is 0. The Kier molecular flexibility index (Phi) is 52.4. The van der Waals surface area contributed by atoms with E-state index >= 15 is 0 Å². The molecule has 0 bridgehead atoms. The van der Waals surface area contributed by atoms with Crippen LogP contribution < -0.4 is 131 Å². The maximum absolute atomic E-state index is 14.7. The number of benzene rings is 2. The van der Waals surface area contributed by atoms with Crippen molar-refractivity contribution >= 4 is 141 Å². The molecule has 0 fully saturated rings. The highest BCUT2D eigenvalue weighted by Gasteiger charge is 2.40. The number of guanidine groups is 1. The lowest BCUT2D eigenvalue weighted by molar-refractivity contribution is -0.143. The van der Waals surface area contributed by atoms with Gasteiger partial charge in [-0.25, -0.2) is 4.79 Å². The van der Waals surface area contributed by atoms with E-state index in [-0.39, 0.29) is 89.8 Å². The van der Waals surface area contributed by atoms with E-state index < -0.39 is 303 Å². The number of aliphatic hydroxyl groups is 2. The smallest absolute Gasteiger partial charge is 0.326 e. The number of rotatable bonds is 66. The van der Waals surface area contributed by atoms with Crippen LogP contribution in [0.4, 0.5) is 0 Å². The summed E-state index contributed by atoms with van der Waals surface area (Å²) in [6, 6.07) is -8.66. The summed E-state index contributed by atoms with van der Waals surface area (Å²) in [4.78, 5) is 288. The molecule has 19 amide bonds. The third-order valence-electron chi connectivity index (χ3n) is 21.6. The average Bonchev–Trinajstić information content (AvgIpc) is 1.69. The number of aromatic nitrogens is 1. The molecule has 0 radical (unpaired) electrons. The summed E-state index contributed by atoms with van der Waals surface area (Å²) in [5, 5.41) is 89.7. The summed E-state index contributed by atoms with van der Waals surface area (Å²) in [7, 11) is 0. The average molecular weight is 1960 g/mol. The fraction of sp³-hybridized carbons (Fsp3) is 0.591. The van der Waals surface area contributed by atoms with Gasteiger partial charge in [0.05, 0.1) is 44.7 Å². The van der Waals surface area contributed by atoms with Gasteiger partial charge < -0.3 is 156 Å². The van der Waals surface area contributed by atoms with Gasteiger partial charge in [-0.1, -0.05) is 104 Å². The molecule has 1 aromatic heterocycles. The first kappa shape index (κ1) is 119. The summed E-state index contributed by atoms with van der Waals surface area (Å²) in [5.41, 5.74) is 41.7. The number of nitrogens with two attached hydrogens (primary N) is 7. The van der Waals surface area contributed by atoms with Gasteiger partial charge in [0.25, 0.3) is 0 Å². The van der Waals surface area contributed by atoms with Crippen molar-refractivity contribution in [2.45, 2.75) is 268 Å². The number of para-hydroxylation sites is 1. The Morgan fingerprint density at radius 3 is 1.25 bits per heavy atom. The van der Waals surface area contributed by atoms with Crippen molar-refractivity contribution in [2.75, 3.05) is 39.3 Å². The lowest BCUT2D eigenvalue weighted by Gasteiger charge is -2.29. The molecule has 0 aliphatic carbocycles. The van der Waals surface area contributed by atoms with Gasteiger partial charge in [0.1, 0.15) is 84.6 Å². The Morgan fingerprint density at radius 2 is 0.770 bits per heavy atom. The highest BCUT2D eigenvalue weighted by atomic mass is 16.4. The number of aliphatic hydroxyl groups excluding tert-OH is 2. The number of hydrogen-bond donors (Lipinski definition) is 30. The molecule has 0 saturated heterocycles. The number of H-pyrrole nitrogens is 1. The van der Waals surface area contributed by atoms with Gasteiger partial charge >= 0.3 is 11.9 Å². The predicted octanol–water partition coefficient (Wildman–Crippen LogP) is -8.83. The van der Waals surface area contributed by atoms with E-state index in [1.54, 1.807) is 56.4 Å². The molecule has 139 heavy (non-hydrogen) atoms. The van der Waals surface area contributed by atoms with Gasteiger partial charge in [-0.15, -0.1) is 0 Å². The lowest BCUT2D eigenvalue weighted by Crippen LogP contribution is -2.62. The van der Waals surface area contributed by atoms with Crippen LogP contribution in [-0.4, -0.2) is 292 Å². The molecule has 772 valence electrons. The molecule has 0 aliphatic rings. The van der Waals surface area contributed by atoms with Gasteiger partial charge in [-0.3, -0.25) is 101 Å². The van der Waals surface area contributed by atoms with Crippen molar-refractivity contribution in [1.29, 1.82) is 5.41 Å². The normalized spacial score (nSPS) is 14.7. The Bertz CT molecular complexity index is 4710. The fourth-order valence-electron chi connectivity index (χ4n) is 14.0. The minimum Gasteiger partial charge on any atom is -0.481 e. The first-order valence-electron chi connectivity index (χ1n) is 45.6. The molecular formula is C88H140N26O25. The van der Waals surface area contributed by atoms with Crippen LogP contribution in [0.1, 0.15) is 170 Å². The maximum atomic E-state index is 14.7. The quantitative estimate of drug-likeness (QED) is 0.0142. The SMILES string of the molecule is CC(C)C[C@H](NC(=O)[C@@H](NC(=O)[C@@H](N)Cc1c[nH]c2ccccc12)[C@@H](C)O)C(=O)N[C@@H](CO)C(=O)N[C@@H](CCC(N)=O)C(=O)N[C@H](C(=O)N[C@@H](CCCCN)C(=O)NCC(=O)N[C@@H](Cc1ccccc1)C(=O)N[C@H](C(=O)N[C@@H](CCCNC(=N)N)C(=O)N[C@@H](CCCCN)C(=O)N[C@@H](CC(N)=O)C(=O)NCC(=O)N[C@H](C(=O)N[C@@H](CC(N)=O)C(=O)N[C@@H](CCC(=O)O)C(=O)O)C(C)C)C(C)C)C(C)C. The lowest BCUT2D eigenvalue weighted by atomic mass is 10.00. The summed E-state index contributed by atoms with van der Waals surface area (Å²) < 4.78 is 0. The number of carboxylic acids is 2. The third kappa shape index (κ3) is 43.9. The van der Waals surface area contributed by atoms with Crippen LogP contribution in [0.25, 0.3) is 10.9 Å². The summed E-state index contributed by atoms with van der Waals surface area (Å²) in [6.45, 7) is 10.9. The maximum Gasteiger partial charge on any atom is 0.326 e. The van der Waals surface area contributed by atoms with Gasteiger partial charge in [-0.2, -0.15) is 0 Å². The zero-order chi connectivity index (χ0) is 105. The number of carbonyl (C=O) groups excluding carboxylic acids is 19. The zero-order valence-corrected chi connectivity index (χ0v) is 79.5. The van der Waals surface area contributed by atoms with Crippen LogP contribution in [-0.2, 0) is 114 Å². The second kappa shape index (κ2) is 61.2. The topological polar surface area (TPSA) is 866 Å². The fourth-order valence-corrected chi connectivity index (χ4v) is 14.0. The molecule has 1 heterocycles. The summed E-state index contributed by atoms with van der Waals surface area (Å²) in [5.74, 6) is -26.2. The van der Waals surface area contributed by atoms with E-state index in [2.05, 4.69) is 90.1 Å². The standard InChI is InChI=1S/C88H140N26O25/c1-43(2)34-58(108-86(137)72(47(9)116)114-73(124)51(91)36-49-39-98-52-23-14-13-22-50(49)52)79(130)110-62(42-115)82(133)103-56(27-29-63(92)117)78(129)112-70(45(5)6)84(135)104-53(24-15-17-31-89)74(125)99-40-66(120)101-59(35-48-20-11-10-12-21-48)81(132)113-71(46(7)8)85(136)105-55(26-19-33-97-88(95)96)76(127)102-54(25-16-18-32-90)77(128)107-60(37-64(93)118)75(126)100-41-67(121)111-69(44(3)4)83(134)109-61(38-65(94)119)80(131)106-57(87(138)139)28-30-68(122)123/h10-14,20-23,39,43-47,51,53-62,69-72,98,115-116H,15-19,24-38,40-42,89-91H2,1-9H3,(H2,92,117)(H2,93,118)(H2,94,119)(H,99,125)(H,100,126)(H,101,120)(H,102,127)(H,103,133)(H,104,135)(H,105,136)(H,106,131)(H,107,128)(H,108,137)(H,109,134)(H,110,130)(H,111,121)(H,112,129)(H,113,132)(H,114,124)(H,122,123)(H,138,139)(H4,95,96,97)/t47-,51+,53+,54+,55+,56+,57+,58+,59+,60+,61+,62+,69+,70+,71+,72+/m1/s1. The van der Waals surface area contributed by atoms with E-state index in [0.29, 0.717) is 17.5 Å². The number of carbonyl (C=O) groups is 21. The van der Waals surface area contributed by atoms with Crippen LogP contribution in [0, 0.1) is 29.1 Å². The Hall–Kier alpha value is -14.1. The zero-order valence-electron chi connectivity index (χ0n) is 79.5. The molecule has 2 aromatic carbocycles. The highest BCUT2D eigenvalue weighted by molar-refractivity contribution is 6.02. The predicted molar refractivity (Wildman–Crippen MR) is 501 cm³/mol. The molecule has 37 N–H and O–H groups in total. The number of nitrogens with one attached hydrogen (secondary N) is 19. The van der Waals surface area contributed by atoms with Crippen molar-refractivity contribution in [3.05, 3.63) is 71.9 Å². The Balaban J connectivity index is 1.86. The number of aromatic amines is 1. The van der Waals surface area contributed by atoms with Crippen molar-refractivity contribution in [1.82, 2.24) is 95.4 Å². The molecule has 51 nitrogen and oxygen atoms in total. The molecule has 51 heteroatoms. The van der Waals surface area contributed by atoms with Gasteiger partial charge in [0.2, 0.25) is 112 Å². The van der Waals surface area contributed by atoms with Crippen LogP contribution in [0.3, 0.4) is 0 Å². The number of fused-ring (bicyclic) bond motifs is 1. The van der Waals surface area contributed by atoms with Crippen molar-refractivity contribution in [2.24, 2.45) is 63.8 Å². The van der Waals surface area contributed by atoms with Crippen molar-refractivity contribution in [3.63, 3.8) is 0 Å². The second-order valence-electron chi connectivity index (χ2n) is 34.9. The van der Waals surface area contributed by atoms with Gasteiger partial charge in [0, 0.05) is 42.9 Å². The molecule has 0 saturated carbocycles. The molecular weight excluding hydrogens is 1820 g/mol. The number of unbranched alkanes of at least 4 members (excludes halogenated alkanes) is 2. The first-order chi connectivity index (χ1) is 65.4. The number of aliphatic carboxylic acids is 2. The molecule has 0 unspecified atom stereocenters. The highest BCUT2D eigenvalue weighted by Crippen LogP contribution is 2.21. The Morgan fingerprint density at radius 1 is 0.381 bits per heavy atom.